The maximum absolute atomic E-state index is 12.4. The first-order valence-electron chi connectivity index (χ1n) is 6.60. The van der Waals surface area contributed by atoms with Crippen molar-refractivity contribution < 1.29 is 19.4 Å². The molecule has 0 aromatic heterocycles. The highest BCUT2D eigenvalue weighted by molar-refractivity contribution is 6.53. The number of ketones is 2. The number of carbonyl (C=O) groups is 2. The van der Waals surface area contributed by atoms with Crippen LogP contribution in [0.25, 0.3) is 5.76 Å². The highest BCUT2D eigenvalue weighted by atomic mass is 16.5. The summed E-state index contributed by atoms with van der Waals surface area (Å²) >= 11 is 0. The summed E-state index contributed by atoms with van der Waals surface area (Å²) in [4.78, 5) is 24.7. The largest absolute Gasteiger partial charge is 0.507 e. The fourth-order valence-electron chi connectivity index (χ4n) is 2.90. The van der Waals surface area contributed by atoms with Crippen molar-refractivity contribution in [2.24, 2.45) is 5.41 Å². The van der Waals surface area contributed by atoms with E-state index < -0.39 is 17.0 Å². The van der Waals surface area contributed by atoms with E-state index in [1.165, 1.54) is 6.07 Å². The molecule has 1 heterocycles. The molecule has 1 aromatic carbocycles. The van der Waals surface area contributed by atoms with E-state index in [1.807, 2.05) is 27.7 Å². The molecule has 1 N–H and O–H groups in total. The van der Waals surface area contributed by atoms with Crippen LogP contribution in [0, 0.1) is 12.3 Å². The average molecular weight is 272 g/mol. The molecule has 20 heavy (non-hydrogen) atoms. The smallest absolute Gasteiger partial charge is 0.237 e. The average Bonchev–Trinajstić information content (AvgIpc) is 2.60. The van der Waals surface area contributed by atoms with Gasteiger partial charge < -0.3 is 9.84 Å². The van der Waals surface area contributed by atoms with E-state index in [9.17, 15) is 14.7 Å². The number of hydrogen-bond donors (Lipinski definition) is 1. The summed E-state index contributed by atoms with van der Waals surface area (Å²) in [7, 11) is 0. The normalized spacial score (nSPS) is 23.5. The molecule has 2 aliphatic rings. The summed E-state index contributed by atoms with van der Waals surface area (Å²) in [6.07, 6.45) is -0.197. The Bertz CT molecular complexity index is 695. The maximum atomic E-state index is 12.4. The van der Waals surface area contributed by atoms with Crippen LogP contribution in [0.5, 0.6) is 5.75 Å². The molecule has 3 rings (SSSR count). The van der Waals surface area contributed by atoms with Gasteiger partial charge in [0.05, 0.1) is 11.1 Å². The molecule has 0 amide bonds. The number of phenols is 1. The van der Waals surface area contributed by atoms with Gasteiger partial charge in [0.2, 0.25) is 11.6 Å². The highest BCUT2D eigenvalue weighted by Gasteiger charge is 2.50. The van der Waals surface area contributed by atoms with Crippen molar-refractivity contribution in [3.8, 4) is 5.75 Å². The second kappa shape index (κ2) is 3.72. The number of rotatable bonds is 0. The first kappa shape index (κ1) is 12.9. The number of hydrogen-bond acceptors (Lipinski definition) is 4. The Labute approximate surface area is 117 Å². The molecular weight excluding hydrogens is 256 g/mol. The summed E-state index contributed by atoms with van der Waals surface area (Å²) in [5.74, 6) is -0.930. The fourth-order valence-corrected chi connectivity index (χ4v) is 2.90. The van der Waals surface area contributed by atoms with Gasteiger partial charge >= 0.3 is 0 Å². The molecule has 0 fully saturated rings. The molecule has 0 bridgehead atoms. The number of Topliss-reactive ketones (excluding diaryl/α,β-unsaturated/α-hetero) is 2. The van der Waals surface area contributed by atoms with Crippen LogP contribution in [-0.4, -0.2) is 22.8 Å². The summed E-state index contributed by atoms with van der Waals surface area (Å²) in [6.45, 7) is 7.52. The number of phenolic OH excluding ortho intramolecular Hbond substituents is 1. The van der Waals surface area contributed by atoms with E-state index in [0.717, 1.165) is 5.56 Å². The van der Waals surface area contributed by atoms with Gasteiger partial charge in [0.1, 0.15) is 17.6 Å². The lowest BCUT2D eigenvalue weighted by molar-refractivity contribution is -0.112. The van der Waals surface area contributed by atoms with Gasteiger partial charge in [-0.3, -0.25) is 9.59 Å². The molecule has 4 heteroatoms. The van der Waals surface area contributed by atoms with Crippen LogP contribution in [0.2, 0.25) is 0 Å². The Morgan fingerprint density at radius 1 is 1.15 bits per heavy atom. The van der Waals surface area contributed by atoms with E-state index in [4.69, 9.17) is 4.74 Å². The second-order valence-corrected chi connectivity index (χ2v) is 6.00. The molecule has 1 atom stereocenters. The van der Waals surface area contributed by atoms with Gasteiger partial charge in [0.25, 0.3) is 0 Å². The zero-order valence-corrected chi connectivity index (χ0v) is 11.9. The van der Waals surface area contributed by atoms with Crippen molar-refractivity contribution in [2.75, 3.05) is 0 Å². The first-order valence-corrected chi connectivity index (χ1v) is 6.60. The van der Waals surface area contributed by atoms with Crippen LogP contribution >= 0.6 is 0 Å². The van der Waals surface area contributed by atoms with Crippen LogP contribution in [0.15, 0.2) is 17.7 Å². The lowest BCUT2D eigenvalue weighted by atomic mass is 9.73. The molecule has 0 spiro atoms. The lowest BCUT2D eigenvalue weighted by Gasteiger charge is -2.24. The van der Waals surface area contributed by atoms with E-state index in [1.54, 1.807) is 6.07 Å². The van der Waals surface area contributed by atoms with Crippen LogP contribution in [0.1, 0.15) is 42.3 Å². The van der Waals surface area contributed by atoms with E-state index in [-0.39, 0.29) is 17.4 Å². The maximum Gasteiger partial charge on any atom is 0.237 e. The quantitative estimate of drug-likeness (QED) is 0.737. The number of ether oxygens (including phenoxy) is 1. The molecule has 0 radical (unpaired) electrons. The standard InChI is InChI=1S/C16H16O4/c1-7-5-6-9(17)11-10(7)15-12(14(19)13(11)18)16(3,4)8(2)20-15/h5-6,8,17H,1-4H3. The third kappa shape index (κ3) is 1.36. The van der Waals surface area contributed by atoms with Gasteiger partial charge in [0, 0.05) is 11.0 Å². The Kier molecular flexibility index (Phi) is 2.40. The van der Waals surface area contributed by atoms with Crippen LogP contribution in [0.4, 0.5) is 0 Å². The van der Waals surface area contributed by atoms with Crippen molar-refractivity contribution >= 4 is 17.3 Å². The van der Waals surface area contributed by atoms with Crippen LogP contribution < -0.4 is 0 Å². The molecule has 1 aliphatic carbocycles. The SMILES string of the molecule is Cc1ccc(O)c2c1C1=C(C(=O)C2=O)C(C)(C)C(C)O1. The lowest BCUT2D eigenvalue weighted by Crippen LogP contribution is -2.32. The molecular formula is C16H16O4. The Balaban J connectivity index is 2.40. The van der Waals surface area contributed by atoms with Crippen LogP contribution in [-0.2, 0) is 9.53 Å². The highest BCUT2D eigenvalue weighted by Crippen LogP contribution is 2.50. The van der Waals surface area contributed by atoms with Crippen molar-refractivity contribution in [2.45, 2.75) is 33.8 Å². The van der Waals surface area contributed by atoms with E-state index >= 15 is 0 Å². The zero-order valence-electron chi connectivity index (χ0n) is 11.9. The molecule has 1 unspecified atom stereocenters. The Morgan fingerprint density at radius 2 is 1.80 bits per heavy atom. The van der Waals surface area contributed by atoms with Crippen molar-refractivity contribution in [3.05, 3.63) is 34.4 Å². The number of carbonyl (C=O) groups excluding carboxylic acids is 2. The zero-order chi connectivity index (χ0) is 14.8. The number of aromatic hydroxyl groups is 1. The number of fused-ring (bicyclic) bond motifs is 2. The molecule has 104 valence electrons. The Morgan fingerprint density at radius 3 is 2.45 bits per heavy atom. The minimum Gasteiger partial charge on any atom is -0.507 e. The van der Waals surface area contributed by atoms with E-state index in [0.29, 0.717) is 16.9 Å². The number of aryl methyl sites for hydroxylation is 1. The van der Waals surface area contributed by atoms with Gasteiger partial charge in [-0.05, 0) is 25.5 Å². The summed E-state index contributed by atoms with van der Waals surface area (Å²) < 4.78 is 5.86. The minimum atomic E-state index is -0.647. The third-order valence-electron chi connectivity index (χ3n) is 4.46. The fraction of sp³-hybridized carbons (Fsp3) is 0.375. The summed E-state index contributed by atoms with van der Waals surface area (Å²) in [5.41, 5.74) is 1.35. The predicted molar refractivity (Wildman–Crippen MR) is 73.4 cm³/mol. The second-order valence-electron chi connectivity index (χ2n) is 6.00. The molecule has 0 saturated carbocycles. The van der Waals surface area contributed by atoms with Crippen molar-refractivity contribution in [1.82, 2.24) is 0 Å². The van der Waals surface area contributed by atoms with Gasteiger partial charge in [-0.2, -0.15) is 0 Å². The minimum absolute atomic E-state index is 0.0682. The topological polar surface area (TPSA) is 63.6 Å². The molecule has 0 saturated heterocycles. The summed E-state index contributed by atoms with van der Waals surface area (Å²) in [6, 6.07) is 3.16. The predicted octanol–water partition coefficient (Wildman–Crippen LogP) is 2.62. The summed E-state index contributed by atoms with van der Waals surface area (Å²) in [5, 5.41) is 9.93. The van der Waals surface area contributed by atoms with Crippen molar-refractivity contribution in [1.29, 1.82) is 0 Å². The van der Waals surface area contributed by atoms with Crippen LogP contribution in [0.3, 0.4) is 0 Å². The molecule has 1 aromatic rings. The van der Waals surface area contributed by atoms with Gasteiger partial charge in [0.15, 0.2) is 0 Å². The number of benzene rings is 1. The van der Waals surface area contributed by atoms with E-state index in [2.05, 4.69) is 0 Å². The van der Waals surface area contributed by atoms with Crippen molar-refractivity contribution in [3.63, 3.8) is 0 Å². The first-order chi connectivity index (χ1) is 9.26. The monoisotopic (exact) mass is 272 g/mol. The Hall–Kier alpha value is -2.10. The van der Waals surface area contributed by atoms with Gasteiger partial charge in [-0.1, -0.05) is 19.9 Å². The third-order valence-corrected chi connectivity index (χ3v) is 4.46. The molecule has 1 aliphatic heterocycles. The van der Waals surface area contributed by atoms with Gasteiger partial charge in [-0.25, -0.2) is 0 Å². The van der Waals surface area contributed by atoms with Gasteiger partial charge in [-0.15, -0.1) is 0 Å². The molecule has 4 nitrogen and oxygen atoms in total.